The van der Waals surface area contributed by atoms with Crippen molar-refractivity contribution in [3.63, 3.8) is 0 Å². The number of ketones is 3. The monoisotopic (exact) mass is 614 g/mol. The van der Waals surface area contributed by atoms with Crippen molar-refractivity contribution < 1.29 is 14.4 Å². The maximum atomic E-state index is 13.7. The van der Waals surface area contributed by atoms with E-state index < -0.39 is 0 Å². The number of benzene rings is 2. The Labute approximate surface area is 275 Å². The van der Waals surface area contributed by atoms with Crippen LogP contribution in [0.15, 0.2) is 30.3 Å². The Morgan fingerprint density at radius 1 is 0.889 bits per heavy atom. The van der Waals surface area contributed by atoms with Crippen LogP contribution in [0.3, 0.4) is 0 Å². The van der Waals surface area contributed by atoms with Gasteiger partial charge in [-0.25, -0.2) is 0 Å². The summed E-state index contributed by atoms with van der Waals surface area (Å²) < 4.78 is 0. The summed E-state index contributed by atoms with van der Waals surface area (Å²) in [6, 6.07) is 11.4. The number of aryl methyl sites for hydroxylation is 2. The van der Waals surface area contributed by atoms with Crippen molar-refractivity contribution in [2.75, 3.05) is 0 Å². The molecule has 0 spiro atoms. The molecule has 3 nitrogen and oxygen atoms in total. The lowest BCUT2D eigenvalue weighted by Gasteiger charge is -2.32. The van der Waals surface area contributed by atoms with Crippen molar-refractivity contribution in [2.24, 2.45) is 29.6 Å². The molecule has 248 valence electrons. The highest BCUT2D eigenvalue weighted by Gasteiger charge is 2.34. The second kappa shape index (κ2) is 18.0. The highest BCUT2D eigenvalue weighted by Crippen LogP contribution is 2.41. The second-order valence-electron chi connectivity index (χ2n) is 14.5. The first-order valence-corrected chi connectivity index (χ1v) is 18.4. The summed E-state index contributed by atoms with van der Waals surface area (Å²) in [7, 11) is 0. The summed E-state index contributed by atoms with van der Waals surface area (Å²) in [6.45, 7) is 16.7. The molecule has 4 rings (SSSR count). The van der Waals surface area contributed by atoms with E-state index >= 15 is 0 Å². The van der Waals surface area contributed by atoms with E-state index in [0.29, 0.717) is 6.42 Å². The number of carbonyl (C=O) groups excluding carboxylic acids is 3. The van der Waals surface area contributed by atoms with Gasteiger partial charge in [0.15, 0.2) is 5.78 Å². The van der Waals surface area contributed by atoms with Gasteiger partial charge < -0.3 is 0 Å². The molecule has 3 atom stereocenters. The molecule has 2 aromatic rings. The third kappa shape index (κ3) is 9.97. The van der Waals surface area contributed by atoms with E-state index in [1.165, 1.54) is 66.8 Å². The van der Waals surface area contributed by atoms with Crippen LogP contribution in [-0.4, -0.2) is 17.3 Å². The third-order valence-corrected chi connectivity index (χ3v) is 10.5. The average molecular weight is 615 g/mol. The topological polar surface area (TPSA) is 51.2 Å². The van der Waals surface area contributed by atoms with Crippen LogP contribution >= 0.6 is 0 Å². The van der Waals surface area contributed by atoms with E-state index in [9.17, 15) is 14.4 Å². The molecule has 0 radical (unpaired) electrons. The Balaban J connectivity index is 0.00000177. The van der Waals surface area contributed by atoms with Crippen LogP contribution in [0.4, 0.5) is 0 Å². The first-order valence-electron chi connectivity index (χ1n) is 18.4. The molecule has 0 heterocycles. The number of fused-ring (bicyclic) bond motifs is 1. The summed E-state index contributed by atoms with van der Waals surface area (Å²) in [5.41, 5.74) is 8.60. The van der Waals surface area contributed by atoms with Crippen molar-refractivity contribution in [3.05, 3.63) is 58.1 Å². The first-order chi connectivity index (χ1) is 21.6. The molecule has 1 fully saturated rings. The molecule has 2 aliphatic carbocycles. The van der Waals surface area contributed by atoms with Crippen molar-refractivity contribution in [1.29, 1.82) is 0 Å². The van der Waals surface area contributed by atoms with Gasteiger partial charge >= 0.3 is 0 Å². The van der Waals surface area contributed by atoms with Crippen LogP contribution < -0.4 is 0 Å². The van der Waals surface area contributed by atoms with Gasteiger partial charge in [-0.05, 0) is 116 Å². The predicted molar refractivity (Wildman–Crippen MR) is 190 cm³/mol. The largest absolute Gasteiger partial charge is 0.300 e. The van der Waals surface area contributed by atoms with Gasteiger partial charge in [-0.2, -0.15) is 0 Å². The van der Waals surface area contributed by atoms with Gasteiger partial charge in [0, 0.05) is 17.9 Å². The van der Waals surface area contributed by atoms with Gasteiger partial charge in [-0.3, -0.25) is 14.4 Å². The molecule has 1 saturated carbocycles. The minimum absolute atomic E-state index is 0.0322. The Hall–Kier alpha value is -2.55. The summed E-state index contributed by atoms with van der Waals surface area (Å²) in [4.78, 5) is 38.5. The molecule has 45 heavy (non-hydrogen) atoms. The van der Waals surface area contributed by atoms with Crippen molar-refractivity contribution in [1.82, 2.24) is 0 Å². The van der Waals surface area contributed by atoms with E-state index in [0.717, 1.165) is 67.9 Å². The van der Waals surface area contributed by atoms with Crippen LogP contribution in [0.1, 0.15) is 152 Å². The predicted octanol–water partition coefficient (Wildman–Crippen LogP) is 11.1. The van der Waals surface area contributed by atoms with Crippen LogP contribution in [-0.2, 0) is 28.9 Å². The summed E-state index contributed by atoms with van der Waals surface area (Å²) in [5, 5.41) is 0. The molecule has 3 heteroatoms. The summed E-state index contributed by atoms with van der Waals surface area (Å²) >= 11 is 0. The zero-order chi connectivity index (χ0) is 33.1. The van der Waals surface area contributed by atoms with E-state index in [-0.39, 0.29) is 41.5 Å². The third-order valence-electron chi connectivity index (χ3n) is 10.5. The maximum absolute atomic E-state index is 13.7. The number of carbonyl (C=O) groups is 3. The molecule has 2 aromatic carbocycles. The summed E-state index contributed by atoms with van der Waals surface area (Å²) in [6.07, 6.45) is 13.9. The van der Waals surface area contributed by atoms with Crippen LogP contribution in [0.25, 0.3) is 11.1 Å². The second-order valence-corrected chi connectivity index (χ2v) is 14.5. The first kappa shape index (κ1) is 36.9. The van der Waals surface area contributed by atoms with E-state index in [1.54, 1.807) is 0 Å². The number of hydrogen-bond acceptors (Lipinski definition) is 3. The zero-order valence-corrected chi connectivity index (χ0v) is 29.9. The molecule has 0 N–H and O–H groups in total. The van der Waals surface area contributed by atoms with Gasteiger partial charge in [0.2, 0.25) is 0 Å². The van der Waals surface area contributed by atoms with Gasteiger partial charge in [0.05, 0.1) is 6.42 Å². The van der Waals surface area contributed by atoms with Crippen molar-refractivity contribution in [3.8, 4) is 11.1 Å². The van der Waals surface area contributed by atoms with E-state index in [1.807, 2.05) is 0 Å². The standard InChI is InChI=1S/C39H54O3.C3H8/c1-7-10-31(34(9-3)37(41)19-27(6)40)21-29-22-36-35(18-13-26(5)39(36)38(42)23-29)32-17-16-30(8-2)33(24-32)20-28-14-11-25(4)12-15-28;1-3-2/h13,16-18,24-25,28-29,31,34H,7-12,14-15,19-23H2,1-6H3;3H2,1-2H3. The lowest BCUT2D eigenvalue weighted by molar-refractivity contribution is -0.129. The molecule has 0 amide bonds. The Bertz CT molecular complexity index is 1280. The fraction of sp³-hybridized carbons (Fsp3) is 0.643. The smallest absolute Gasteiger partial charge is 0.163 e. The van der Waals surface area contributed by atoms with Gasteiger partial charge in [0.1, 0.15) is 11.6 Å². The minimum atomic E-state index is -0.103. The van der Waals surface area contributed by atoms with Crippen molar-refractivity contribution in [2.45, 2.75) is 145 Å². The lowest BCUT2D eigenvalue weighted by atomic mass is 9.71. The highest BCUT2D eigenvalue weighted by atomic mass is 16.1. The molecule has 0 saturated heterocycles. The molecular formula is C42H62O3. The van der Waals surface area contributed by atoms with E-state index in [4.69, 9.17) is 0 Å². The van der Waals surface area contributed by atoms with Crippen LogP contribution in [0.5, 0.6) is 0 Å². The maximum Gasteiger partial charge on any atom is 0.163 e. The fourth-order valence-electron chi connectivity index (χ4n) is 8.18. The molecular weight excluding hydrogens is 552 g/mol. The zero-order valence-electron chi connectivity index (χ0n) is 29.9. The molecule has 0 aromatic heterocycles. The normalized spacial score (nSPS) is 20.9. The number of Topliss-reactive ketones (excluding diaryl/α,β-unsaturated/α-hetero) is 3. The molecule has 0 bridgehead atoms. The minimum Gasteiger partial charge on any atom is -0.300 e. The Kier molecular flexibility index (Phi) is 14.7. The van der Waals surface area contributed by atoms with Gasteiger partial charge in [-0.15, -0.1) is 0 Å². The summed E-state index contributed by atoms with van der Waals surface area (Å²) in [5.74, 6) is 2.25. The Morgan fingerprint density at radius 3 is 2.18 bits per heavy atom. The van der Waals surface area contributed by atoms with Crippen LogP contribution in [0, 0.1) is 36.5 Å². The SMILES string of the molecule is CCC.CCCC(CC1CC(=O)c2c(C)ccc(-c3ccc(CC)c(CC4CCC(C)CC4)c3)c2C1)C(CC)C(=O)CC(C)=O. The molecule has 0 aliphatic heterocycles. The quantitative estimate of drug-likeness (QED) is 0.211. The molecule has 2 aliphatic rings. The van der Waals surface area contributed by atoms with Crippen molar-refractivity contribution >= 4 is 17.3 Å². The van der Waals surface area contributed by atoms with Gasteiger partial charge in [0.25, 0.3) is 0 Å². The number of rotatable bonds is 13. The molecule has 3 unspecified atom stereocenters. The van der Waals surface area contributed by atoms with E-state index in [2.05, 4.69) is 78.8 Å². The van der Waals surface area contributed by atoms with Crippen LogP contribution in [0.2, 0.25) is 0 Å². The number of hydrogen-bond donors (Lipinski definition) is 0. The lowest BCUT2D eigenvalue weighted by Crippen LogP contribution is -2.30. The van der Waals surface area contributed by atoms with Gasteiger partial charge in [-0.1, -0.05) is 104 Å². The highest BCUT2D eigenvalue weighted by molar-refractivity contribution is 6.02. The average Bonchev–Trinajstić information content (AvgIpc) is 2.99. The Morgan fingerprint density at radius 2 is 1.58 bits per heavy atom. The fourth-order valence-corrected chi connectivity index (χ4v) is 8.18.